The molecule has 0 amide bonds. The first-order valence-corrected chi connectivity index (χ1v) is 5.78. The number of thiophene rings is 1. The van der Waals surface area contributed by atoms with E-state index in [1.807, 2.05) is 11.4 Å². The first-order chi connectivity index (χ1) is 6.75. The lowest BCUT2D eigenvalue weighted by molar-refractivity contribution is 1.14. The SMILES string of the molecule is Clc1sccc1Nc1cc(Br)ncn1. The molecule has 0 aliphatic heterocycles. The third-order valence-corrected chi connectivity index (χ3v) is 3.12. The normalized spacial score (nSPS) is 10.1. The molecule has 6 heteroatoms. The number of hydrogen-bond donors (Lipinski definition) is 1. The van der Waals surface area contributed by atoms with E-state index in [1.54, 1.807) is 6.07 Å². The van der Waals surface area contributed by atoms with Crippen LogP contribution in [0.3, 0.4) is 0 Å². The number of halogens is 2. The quantitative estimate of drug-likeness (QED) is 0.857. The summed E-state index contributed by atoms with van der Waals surface area (Å²) in [5.74, 6) is 0.715. The first kappa shape index (κ1) is 9.89. The molecule has 2 aromatic rings. The highest BCUT2D eigenvalue weighted by molar-refractivity contribution is 9.10. The van der Waals surface area contributed by atoms with Gasteiger partial charge in [0.2, 0.25) is 0 Å². The molecule has 14 heavy (non-hydrogen) atoms. The summed E-state index contributed by atoms with van der Waals surface area (Å²) in [4.78, 5) is 7.98. The Hall–Kier alpha value is -0.650. The molecule has 2 aromatic heterocycles. The molecule has 0 radical (unpaired) electrons. The van der Waals surface area contributed by atoms with Crippen molar-refractivity contribution in [3.8, 4) is 0 Å². The van der Waals surface area contributed by atoms with Crippen molar-refractivity contribution in [3.05, 3.63) is 32.8 Å². The predicted molar refractivity (Wildman–Crippen MR) is 62.3 cm³/mol. The van der Waals surface area contributed by atoms with Crippen LogP contribution in [-0.2, 0) is 0 Å². The van der Waals surface area contributed by atoms with Crippen LogP contribution >= 0.6 is 38.9 Å². The summed E-state index contributed by atoms with van der Waals surface area (Å²) in [5, 5.41) is 5.01. The lowest BCUT2D eigenvalue weighted by atomic mass is 10.5. The maximum atomic E-state index is 5.93. The highest BCUT2D eigenvalue weighted by Crippen LogP contribution is 2.29. The van der Waals surface area contributed by atoms with Gasteiger partial charge in [0.15, 0.2) is 0 Å². The van der Waals surface area contributed by atoms with E-state index in [0.717, 1.165) is 14.6 Å². The third-order valence-electron chi connectivity index (χ3n) is 1.51. The fourth-order valence-electron chi connectivity index (χ4n) is 0.922. The van der Waals surface area contributed by atoms with Crippen molar-refractivity contribution in [1.82, 2.24) is 9.97 Å². The Morgan fingerprint density at radius 3 is 2.93 bits per heavy atom. The second-order valence-electron chi connectivity index (χ2n) is 2.46. The molecule has 0 aliphatic rings. The standard InChI is InChI=1S/C8H5BrClN3S/c9-6-3-7(12-4-11-6)13-5-1-2-14-8(5)10/h1-4H,(H,11,12,13). The largest absolute Gasteiger partial charge is 0.338 e. The van der Waals surface area contributed by atoms with Gasteiger partial charge in [0.05, 0.1) is 5.69 Å². The second-order valence-corrected chi connectivity index (χ2v) is 4.79. The minimum Gasteiger partial charge on any atom is -0.338 e. The summed E-state index contributed by atoms with van der Waals surface area (Å²) in [5.41, 5.74) is 0.863. The lowest BCUT2D eigenvalue weighted by Crippen LogP contribution is -1.92. The first-order valence-electron chi connectivity index (χ1n) is 3.73. The van der Waals surface area contributed by atoms with Crippen molar-refractivity contribution < 1.29 is 0 Å². The van der Waals surface area contributed by atoms with E-state index in [-0.39, 0.29) is 0 Å². The van der Waals surface area contributed by atoms with Crippen LogP contribution < -0.4 is 5.32 Å². The second kappa shape index (κ2) is 4.25. The van der Waals surface area contributed by atoms with E-state index >= 15 is 0 Å². The van der Waals surface area contributed by atoms with Crippen molar-refractivity contribution >= 4 is 50.4 Å². The van der Waals surface area contributed by atoms with Crippen molar-refractivity contribution in [1.29, 1.82) is 0 Å². The van der Waals surface area contributed by atoms with Crippen molar-refractivity contribution in [2.75, 3.05) is 5.32 Å². The molecule has 0 fully saturated rings. The molecule has 0 aromatic carbocycles. The van der Waals surface area contributed by atoms with Gasteiger partial charge >= 0.3 is 0 Å². The molecule has 72 valence electrons. The Morgan fingerprint density at radius 2 is 2.29 bits per heavy atom. The van der Waals surface area contributed by atoms with Crippen LogP contribution in [0.4, 0.5) is 11.5 Å². The third kappa shape index (κ3) is 2.23. The Bertz CT molecular complexity index is 446. The molecular formula is C8H5BrClN3S. The zero-order valence-electron chi connectivity index (χ0n) is 6.87. The van der Waals surface area contributed by atoms with Crippen molar-refractivity contribution in [2.24, 2.45) is 0 Å². The van der Waals surface area contributed by atoms with E-state index in [4.69, 9.17) is 11.6 Å². The lowest BCUT2D eigenvalue weighted by Gasteiger charge is -2.02. The van der Waals surface area contributed by atoms with Crippen LogP contribution in [0.15, 0.2) is 28.4 Å². The molecule has 0 atom stereocenters. The van der Waals surface area contributed by atoms with Crippen LogP contribution in [-0.4, -0.2) is 9.97 Å². The average molecular weight is 291 g/mol. The molecule has 0 aliphatic carbocycles. The molecule has 1 N–H and O–H groups in total. The van der Waals surface area contributed by atoms with Crippen molar-refractivity contribution in [3.63, 3.8) is 0 Å². The van der Waals surface area contributed by atoms with Crippen LogP contribution in [0.1, 0.15) is 0 Å². The topological polar surface area (TPSA) is 37.8 Å². The molecule has 0 spiro atoms. The zero-order valence-corrected chi connectivity index (χ0v) is 10.0. The summed E-state index contributed by atoms with van der Waals surface area (Å²) in [7, 11) is 0. The number of anilines is 2. The summed E-state index contributed by atoms with van der Waals surface area (Å²) in [6, 6.07) is 3.69. The minimum absolute atomic E-state index is 0.715. The van der Waals surface area contributed by atoms with E-state index in [9.17, 15) is 0 Å². The maximum Gasteiger partial charge on any atom is 0.134 e. The summed E-state index contributed by atoms with van der Waals surface area (Å²) in [6.07, 6.45) is 1.48. The Balaban J connectivity index is 2.23. The van der Waals surface area contributed by atoms with Gasteiger partial charge in [0.1, 0.15) is 21.1 Å². The summed E-state index contributed by atoms with van der Waals surface area (Å²) in [6.45, 7) is 0. The van der Waals surface area contributed by atoms with Gasteiger partial charge in [-0.25, -0.2) is 9.97 Å². The fourth-order valence-corrected chi connectivity index (χ4v) is 2.06. The van der Waals surface area contributed by atoms with Gasteiger partial charge in [-0.3, -0.25) is 0 Å². The molecule has 0 unspecified atom stereocenters. The Labute approximate surface area is 98.3 Å². The fraction of sp³-hybridized carbons (Fsp3) is 0. The van der Waals surface area contributed by atoms with E-state index in [1.165, 1.54) is 17.7 Å². The molecule has 2 heterocycles. The number of nitrogens with one attached hydrogen (secondary N) is 1. The average Bonchev–Trinajstić information content (AvgIpc) is 2.52. The molecule has 3 nitrogen and oxygen atoms in total. The van der Waals surface area contributed by atoms with Gasteiger partial charge in [-0.15, -0.1) is 11.3 Å². The van der Waals surface area contributed by atoms with Gasteiger partial charge in [-0.1, -0.05) is 11.6 Å². The summed E-state index contributed by atoms with van der Waals surface area (Å²) < 4.78 is 1.46. The van der Waals surface area contributed by atoms with Gasteiger partial charge in [-0.05, 0) is 27.4 Å². The van der Waals surface area contributed by atoms with Gasteiger partial charge < -0.3 is 5.32 Å². The Kier molecular flexibility index (Phi) is 3.00. The molecule has 0 saturated heterocycles. The minimum atomic E-state index is 0.715. The predicted octanol–water partition coefficient (Wildman–Crippen LogP) is 3.70. The van der Waals surface area contributed by atoms with E-state index < -0.39 is 0 Å². The number of aromatic nitrogens is 2. The highest BCUT2D eigenvalue weighted by Gasteiger charge is 2.02. The number of rotatable bonds is 2. The van der Waals surface area contributed by atoms with Gasteiger partial charge in [0.25, 0.3) is 0 Å². The number of hydrogen-bond acceptors (Lipinski definition) is 4. The zero-order chi connectivity index (χ0) is 9.97. The monoisotopic (exact) mass is 289 g/mol. The van der Waals surface area contributed by atoms with Crippen LogP contribution in [0.2, 0.25) is 4.34 Å². The molecular weight excluding hydrogens is 286 g/mol. The maximum absolute atomic E-state index is 5.93. The van der Waals surface area contributed by atoms with E-state index in [0.29, 0.717) is 5.82 Å². The van der Waals surface area contributed by atoms with Crippen LogP contribution in [0.25, 0.3) is 0 Å². The van der Waals surface area contributed by atoms with E-state index in [2.05, 4.69) is 31.2 Å². The Morgan fingerprint density at radius 1 is 1.43 bits per heavy atom. The highest BCUT2D eigenvalue weighted by atomic mass is 79.9. The van der Waals surface area contributed by atoms with Crippen LogP contribution in [0, 0.1) is 0 Å². The molecule has 0 bridgehead atoms. The summed E-state index contributed by atoms with van der Waals surface area (Å²) >= 11 is 10.7. The van der Waals surface area contributed by atoms with Gasteiger partial charge in [0, 0.05) is 6.07 Å². The van der Waals surface area contributed by atoms with Gasteiger partial charge in [-0.2, -0.15) is 0 Å². The smallest absolute Gasteiger partial charge is 0.134 e. The van der Waals surface area contributed by atoms with Crippen molar-refractivity contribution in [2.45, 2.75) is 0 Å². The van der Waals surface area contributed by atoms with Crippen LogP contribution in [0.5, 0.6) is 0 Å². The molecule has 2 rings (SSSR count). The molecule has 0 saturated carbocycles. The number of nitrogens with zero attached hydrogens (tertiary/aromatic N) is 2.